The highest BCUT2D eigenvalue weighted by molar-refractivity contribution is 5.81. The number of amides is 2. The number of carbonyl (C=O) groups is 3. The maximum absolute atomic E-state index is 12.1. The molecule has 2 aliphatic carbocycles. The summed E-state index contributed by atoms with van der Waals surface area (Å²) in [5.74, 6) is -0.303. The fraction of sp³-hybridized carbons (Fsp3) is 0.875. The average molecular weight is 470 g/mol. The summed E-state index contributed by atoms with van der Waals surface area (Å²) >= 11 is 0. The number of rotatable bonds is 15. The van der Waals surface area contributed by atoms with E-state index in [2.05, 4.69) is 10.6 Å². The Labute approximate surface area is 197 Å². The summed E-state index contributed by atoms with van der Waals surface area (Å²) in [6.45, 7) is 0.505. The zero-order valence-electron chi connectivity index (χ0n) is 20.1. The van der Waals surface area contributed by atoms with Crippen molar-refractivity contribution in [3.63, 3.8) is 0 Å². The third-order valence-corrected chi connectivity index (χ3v) is 6.83. The van der Waals surface area contributed by atoms with Crippen molar-refractivity contribution in [2.75, 3.05) is 13.7 Å². The van der Waals surface area contributed by atoms with E-state index in [0.717, 1.165) is 70.6 Å². The highest BCUT2D eigenvalue weighted by atomic mass is 16.6. The van der Waals surface area contributed by atoms with Crippen LogP contribution in [0.3, 0.4) is 0 Å². The van der Waals surface area contributed by atoms with Crippen LogP contribution in [-0.2, 0) is 19.1 Å². The number of ether oxygens (including phenoxy) is 2. The van der Waals surface area contributed by atoms with Gasteiger partial charge in [0.25, 0.3) is 0 Å². The van der Waals surface area contributed by atoms with Crippen molar-refractivity contribution in [3.8, 4) is 0 Å². The Balaban J connectivity index is 1.52. The first-order valence-corrected chi connectivity index (χ1v) is 12.7. The molecule has 2 unspecified atom stereocenters. The summed E-state index contributed by atoms with van der Waals surface area (Å²) in [6, 6.07) is -1.20. The molecule has 9 nitrogen and oxygen atoms in total. The van der Waals surface area contributed by atoms with E-state index in [1.54, 1.807) is 0 Å². The summed E-state index contributed by atoms with van der Waals surface area (Å²) < 4.78 is 10.2. The normalized spacial score (nSPS) is 19.2. The Bertz CT molecular complexity index is 607. The molecule has 2 fully saturated rings. The van der Waals surface area contributed by atoms with Gasteiger partial charge in [-0.15, -0.1) is 0 Å². The fourth-order valence-electron chi connectivity index (χ4n) is 4.48. The number of esters is 1. The SMILES string of the molecule is COC(=O)C(CCCCCCCNC(=O)[C@@H](O)C(N)CC1CCC1)NC(=O)OC1CCCC1. The molecule has 2 rings (SSSR count). The van der Waals surface area contributed by atoms with E-state index in [1.165, 1.54) is 13.5 Å². The Morgan fingerprint density at radius 2 is 1.67 bits per heavy atom. The third-order valence-electron chi connectivity index (χ3n) is 6.83. The van der Waals surface area contributed by atoms with Crippen molar-refractivity contribution in [2.24, 2.45) is 11.7 Å². The van der Waals surface area contributed by atoms with Crippen molar-refractivity contribution >= 4 is 18.0 Å². The molecule has 3 atom stereocenters. The van der Waals surface area contributed by atoms with Crippen LogP contribution < -0.4 is 16.4 Å². The van der Waals surface area contributed by atoms with Gasteiger partial charge in [-0.2, -0.15) is 0 Å². The summed E-state index contributed by atoms with van der Waals surface area (Å²) in [7, 11) is 1.31. The molecule has 0 bridgehead atoms. The van der Waals surface area contributed by atoms with Crippen LogP contribution in [0.1, 0.15) is 89.9 Å². The fourth-order valence-corrected chi connectivity index (χ4v) is 4.48. The Morgan fingerprint density at radius 1 is 1.00 bits per heavy atom. The van der Waals surface area contributed by atoms with Crippen LogP contribution in [0.2, 0.25) is 0 Å². The number of aliphatic hydroxyl groups excluding tert-OH is 1. The van der Waals surface area contributed by atoms with Crippen molar-refractivity contribution < 1.29 is 29.0 Å². The molecule has 0 aromatic rings. The third kappa shape index (κ3) is 10.3. The highest BCUT2D eigenvalue weighted by Crippen LogP contribution is 2.30. The maximum atomic E-state index is 12.1. The number of alkyl carbamates (subject to hydrolysis) is 1. The lowest BCUT2D eigenvalue weighted by Gasteiger charge is -2.29. The highest BCUT2D eigenvalue weighted by Gasteiger charge is 2.28. The molecule has 2 saturated carbocycles. The minimum absolute atomic E-state index is 0.0524. The van der Waals surface area contributed by atoms with Crippen LogP contribution in [0.5, 0.6) is 0 Å². The average Bonchev–Trinajstić information content (AvgIpc) is 3.28. The molecule has 0 spiro atoms. The molecule has 0 radical (unpaired) electrons. The van der Waals surface area contributed by atoms with Crippen LogP contribution in [-0.4, -0.2) is 61.0 Å². The van der Waals surface area contributed by atoms with Crippen molar-refractivity contribution in [2.45, 2.75) is 114 Å². The smallest absolute Gasteiger partial charge is 0.408 e. The van der Waals surface area contributed by atoms with Gasteiger partial charge in [-0.3, -0.25) is 4.79 Å². The molecule has 5 N–H and O–H groups in total. The molecule has 0 heterocycles. The summed E-state index contributed by atoms with van der Waals surface area (Å²) in [5, 5.41) is 15.5. The number of nitrogens with two attached hydrogens (primary N) is 1. The predicted octanol–water partition coefficient (Wildman–Crippen LogP) is 2.53. The standard InChI is InChI=1S/C24H43N3O6/c1-32-23(30)20(27-24(31)33-18-12-6-7-13-18)14-5-3-2-4-8-15-26-22(29)21(28)19(25)16-17-10-9-11-17/h17-21,28H,2-16,25H2,1H3,(H,26,29)(H,27,31)/t19?,20?,21-/m0/s1. The molecular formula is C24H43N3O6. The lowest BCUT2D eigenvalue weighted by atomic mass is 9.80. The molecule has 2 aliphatic rings. The number of methoxy groups -OCH3 is 1. The molecule has 33 heavy (non-hydrogen) atoms. The van der Waals surface area contributed by atoms with Gasteiger partial charge in [0.15, 0.2) is 0 Å². The molecule has 0 saturated heterocycles. The molecule has 9 heteroatoms. The predicted molar refractivity (Wildman–Crippen MR) is 124 cm³/mol. The van der Waals surface area contributed by atoms with Gasteiger partial charge < -0.3 is 30.9 Å². The van der Waals surface area contributed by atoms with Gasteiger partial charge in [-0.05, 0) is 50.9 Å². The first kappa shape index (κ1) is 27.4. The Morgan fingerprint density at radius 3 is 2.30 bits per heavy atom. The second kappa shape index (κ2) is 15.1. The molecular weight excluding hydrogens is 426 g/mol. The summed E-state index contributed by atoms with van der Waals surface area (Å²) in [5.41, 5.74) is 5.96. The number of nitrogens with one attached hydrogen (secondary N) is 2. The van der Waals surface area contributed by atoms with Crippen LogP contribution in [0.25, 0.3) is 0 Å². The topological polar surface area (TPSA) is 140 Å². The van der Waals surface area contributed by atoms with Gasteiger partial charge in [0.1, 0.15) is 18.2 Å². The van der Waals surface area contributed by atoms with Gasteiger partial charge >= 0.3 is 12.1 Å². The van der Waals surface area contributed by atoms with Crippen LogP contribution in [0, 0.1) is 5.92 Å². The van der Waals surface area contributed by atoms with Crippen molar-refractivity contribution in [1.82, 2.24) is 10.6 Å². The minimum Gasteiger partial charge on any atom is -0.467 e. The monoisotopic (exact) mass is 469 g/mol. The van der Waals surface area contributed by atoms with E-state index >= 15 is 0 Å². The van der Waals surface area contributed by atoms with Gasteiger partial charge in [0.2, 0.25) is 5.91 Å². The van der Waals surface area contributed by atoms with E-state index in [1.807, 2.05) is 0 Å². The van der Waals surface area contributed by atoms with Gasteiger partial charge in [-0.25, -0.2) is 9.59 Å². The zero-order chi connectivity index (χ0) is 24.1. The number of carbonyl (C=O) groups excluding carboxylic acids is 3. The maximum Gasteiger partial charge on any atom is 0.408 e. The van der Waals surface area contributed by atoms with E-state index in [-0.39, 0.29) is 6.10 Å². The molecule has 0 aromatic carbocycles. The number of unbranched alkanes of at least 4 members (excludes halogenated alkanes) is 4. The number of hydrogen-bond acceptors (Lipinski definition) is 7. The van der Waals surface area contributed by atoms with Gasteiger partial charge in [0.05, 0.1) is 7.11 Å². The van der Waals surface area contributed by atoms with E-state index in [0.29, 0.717) is 25.3 Å². The van der Waals surface area contributed by atoms with Gasteiger partial charge in [0, 0.05) is 12.6 Å². The van der Waals surface area contributed by atoms with Crippen LogP contribution in [0.15, 0.2) is 0 Å². The second-order valence-electron chi connectivity index (χ2n) is 9.52. The van der Waals surface area contributed by atoms with Gasteiger partial charge in [-0.1, -0.05) is 44.9 Å². The number of aliphatic hydroxyl groups is 1. The first-order valence-electron chi connectivity index (χ1n) is 12.7. The Hall–Kier alpha value is -1.87. The lowest BCUT2D eigenvalue weighted by molar-refractivity contribution is -0.143. The van der Waals surface area contributed by atoms with E-state index in [4.69, 9.17) is 15.2 Å². The first-order chi connectivity index (χ1) is 15.9. The summed E-state index contributed by atoms with van der Waals surface area (Å²) in [6.07, 6.45) is 11.2. The summed E-state index contributed by atoms with van der Waals surface area (Å²) in [4.78, 5) is 36.1. The van der Waals surface area contributed by atoms with Crippen molar-refractivity contribution in [3.05, 3.63) is 0 Å². The molecule has 190 valence electrons. The zero-order valence-corrected chi connectivity index (χ0v) is 20.1. The molecule has 0 aliphatic heterocycles. The van der Waals surface area contributed by atoms with E-state index < -0.39 is 36.2 Å². The number of hydrogen-bond donors (Lipinski definition) is 4. The lowest BCUT2D eigenvalue weighted by Crippen LogP contribution is -2.47. The van der Waals surface area contributed by atoms with Crippen LogP contribution >= 0.6 is 0 Å². The largest absolute Gasteiger partial charge is 0.467 e. The second-order valence-corrected chi connectivity index (χ2v) is 9.52. The molecule has 2 amide bonds. The van der Waals surface area contributed by atoms with Crippen molar-refractivity contribution in [1.29, 1.82) is 0 Å². The quantitative estimate of drug-likeness (QED) is 0.213. The molecule has 0 aromatic heterocycles. The van der Waals surface area contributed by atoms with Crippen LogP contribution in [0.4, 0.5) is 4.79 Å². The minimum atomic E-state index is -1.14. The Kier molecular flexibility index (Phi) is 12.5. The van der Waals surface area contributed by atoms with E-state index in [9.17, 15) is 19.5 Å².